The maximum absolute atomic E-state index is 12.9. The molecule has 1 heterocycles. The molecular weight excluding hydrogens is 330 g/mol. The molecule has 2 aliphatic rings. The van der Waals surface area contributed by atoms with Crippen LogP contribution in [0.15, 0.2) is 23.2 Å². The van der Waals surface area contributed by atoms with Gasteiger partial charge in [0, 0.05) is 11.6 Å². The van der Waals surface area contributed by atoms with Crippen LogP contribution in [0.4, 0.5) is 0 Å². The lowest BCUT2D eigenvalue weighted by Crippen LogP contribution is -2.38. The summed E-state index contributed by atoms with van der Waals surface area (Å²) in [5, 5.41) is 30.6. The van der Waals surface area contributed by atoms with Crippen molar-refractivity contribution in [1.82, 2.24) is 0 Å². The fourth-order valence-electron chi connectivity index (χ4n) is 3.26. The Morgan fingerprint density at radius 1 is 1.20 bits per heavy atom. The first-order chi connectivity index (χ1) is 11.5. The summed E-state index contributed by atoms with van der Waals surface area (Å²) in [6, 6.07) is 0. The Labute approximate surface area is 141 Å². The molecule has 0 unspecified atom stereocenters. The molecule has 0 aromatic heterocycles. The van der Waals surface area contributed by atoms with E-state index < -0.39 is 51.3 Å². The van der Waals surface area contributed by atoms with Gasteiger partial charge in [0.15, 0.2) is 17.3 Å². The lowest BCUT2D eigenvalue weighted by atomic mass is 9.71. The number of aliphatic hydroxyl groups is 1. The molecule has 1 atom stereocenters. The zero-order chi connectivity index (χ0) is 18.8. The standard InChI is InChI=1S/C17H15NO7/c1-5-12(21)10(16(18)24)14-11(13(5)22)17(3)8(25-14)4-7(20)9(6(2)19)15(17)23/h4,20-22H,1-3H3,(H2,18,24)/t17-/m0/s1. The number of ketones is 2. The van der Waals surface area contributed by atoms with Crippen LogP contribution < -0.4 is 10.5 Å². The lowest BCUT2D eigenvalue weighted by molar-refractivity contribution is -0.123. The van der Waals surface area contributed by atoms with Gasteiger partial charge in [-0.1, -0.05) is 0 Å². The van der Waals surface area contributed by atoms with Gasteiger partial charge in [-0.25, -0.2) is 0 Å². The minimum atomic E-state index is -1.64. The van der Waals surface area contributed by atoms with E-state index in [9.17, 15) is 29.7 Å². The van der Waals surface area contributed by atoms with Crippen LogP contribution in [-0.4, -0.2) is 32.8 Å². The van der Waals surface area contributed by atoms with Gasteiger partial charge in [0.1, 0.15) is 39.6 Å². The number of rotatable bonds is 2. The first-order valence-corrected chi connectivity index (χ1v) is 7.31. The van der Waals surface area contributed by atoms with Crippen LogP contribution in [0.3, 0.4) is 0 Å². The fraction of sp³-hybridized carbons (Fsp3) is 0.235. The number of aromatic hydroxyl groups is 2. The number of carbonyl (C=O) groups excluding carboxylic acids is 3. The molecular formula is C17H15NO7. The minimum Gasteiger partial charge on any atom is -0.507 e. The number of carbonyl (C=O) groups is 3. The highest BCUT2D eigenvalue weighted by Crippen LogP contribution is 2.57. The summed E-state index contributed by atoms with van der Waals surface area (Å²) < 4.78 is 5.51. The number of phenolic OH excluding ortho intramolecular Hbond substituents is 1. The van der Waals surface area contributed by atoms with Crippen molar-refractivity contribution < 1.29 is 34.4 Å². The smallest absolute Gasteiger partial charge is 0.256 e. The second-order valence-corrected chi connectivity index (χ2v) is 6.15. The largest absolute Gasteiger partial charge is 0.507 e. The van der Waals surface area contributed by atoms with E-state index in [4.69, 9.17) is 10.5 Å². The van der Waals surface area contributed by atoms with Crippen molar-refractivity contribution in [2.75, 3.05) is 0 Å². The molecule has 1 amide bonds. The maximum Gasteiger partial charge on any atom is 0.256 e. The number of hydrogen-bond donors (Lipinski definition) is 4. The number of amides is 1. The molecule has 0 saturated heterocycles. The molecule has 0 radical (unpaired) electrons. The topological polar surface area (TPSA) is 147 Å². The van der Waals surface area contributed by atoms with Gasteiger partial charge in [0.25, 0.3) is 5.91 Å². The maximum atomic E-state index is 12.9. The average molecular weight is 345 g/mol. The van der Waals surface area contributed by atoms with Crippen LogP contribution in [-0.2, 0) is 15.0 Å². The Balaban J connectivity index is 2.42. The van der Waals surface area contributed by atoms with Crippen molar-refractivity contribution in [2.24, 2.45) is 5.73 Å². The number of nitrogens with two attached hydrogens (primary N) is 1. The molecule has 1 aromatic carbocycles. The van der Waals surface area contributed by atoms with E-state index in [0.717, 1.165) is 13.0 Å². The van der Waals surface area contributed by atoms with Gasteiger partial charge in [-0.05, 0) is 20.8 Å². The Bertz CT molecular complexity index is 954. The van der Waals surface area contributed by atoms with Crippen molar-refractivity contribution >= 4 is 17.5 Å². The molecule has 0 fully saturated rings. The summed E-state index contributed by atoms with van der Waals surface area (Å²) in [5.74, 6) is -4.41. The highest BCUT2D eigenvalue weighted by Gasteiger charge is 2.55. The normalized spacial score (nSPS) is 21.4. The van der Waals surface area contributed by atoms with E-state index in [1.54, 1.807) is 0 Å². The number of aliphatic hydroxyl groups excluding tert-OH is 1. The third-order valence-corrected chi connectivity index (χ3v) is 4.65. The quantitative estimate of drug-likeness (QED) is 0.585. The van der Waals surface area contributed by atoms with Gasteiger partial charge < -0.3 is 25.8 Å². The highest BCUT2D eigenvalue weighted by atomic mass is 16.5. The van der Waals surface area contributed by atoms with E-state index in [1.807, 2.05) is 0 Å². The van der Waals surface area contributed by atoms with E-state index in [0.29, 0.717) is 0 Å². The van der Waals surface area contributed by atoms with Gasteiger partial charge in [-0.3, -0.25) is 14.4 Å². The van der Waals surface area contributed by atoms with Gasteiger partial charge in [-0.15, -0.1) is 0 Å². The third-order valence-electron chi connectivity index (χ3n) is 4.65. The molecule has 1 aliphatic carbocycles. The Morgan fingerprint density at radius 3 is 2.32 bits per heavy atom. The summed E-state index contributed by atoms with van der Waals surface area (Å²) in [5.41, 5.74) is 2.68. The Morgan fingerprint density at radius 2 is 1.80 bits per heavy atom. The van der Waals surface area contributed by atoms with Gasteiger partial charge in [0.05, 0.1) is 5.56 Å². The van der Waals surface area contributed by atoms with Crippen molar-refractivity contribution in [3.8, 4) is 17.2 Å². The summed E-state index contributed by atoms with van der Waals surface area (Å²) in [6.45, 7) is 3.86. The first-order valence-electron chi connectivity index (χ1n) is 7.31. The van der Waals surface area contributed by atoms with Crippen molar-refractivity contribution in [2.45, 2.75) is 26.2 Å². The summed E-state index contributed by atoms with van der Waals surface area (Å²) >= 11 is 0. The second-order valence-electron chi connectivity index (χ2n) is 6.15. The third kappa shape index (κ3) is 1.84. The van der Waals surface area contributed by atoms with E-state index in [2.05, 4.69) is 0 Å². The number of Topliss-reactive ketones (excluding diaryl/α,β-unsaturated/α-hetero) is 2. The SMILES string of the molecule is CC(=O)C1=C(O)C=C2Oc3c(C(N)=O)c(O)c(C)c(O)c3[C@@]2(C)C1=O. The molecule has 1 aliphatic heterocycles. The summed E-state index contributed by atoms with van der Waals surface area (Å²) in [7, 11) is 0. The number of benzene rings is 1. The van der Waals surface area contributed by atoms with Crippen molar-refractivity contribution in [3.05, 3.63) is 39.9 Å². The molecule has 0 spiro atoms. The van der Waals surface area contributed by atoms with Crippen molar-refractivity contribution in [1.29, 1.82) is 0 Å². The van der Waals surface area contributed by atoms with Crippen molar-refractivity contribution in [3.63, 3.8) is 0 Å². The molecule has 0 bridgehead atoms. The highest BCUT2D eigenvalue weighted by molar-refractivity contribution is 6.25. The predicted octanol–water partition coefficient (Wildman–Crippen LogP) is 1.02. The average Bonchev–Trinajstić information content (AvgIpc) is 2.78. The van der Waals surface area contributed by atoms with Crippen LogP contribution in [0.2, 0.25) is 0 Å². The van der Waals surface area contributed by atoms with Crippen LogP contribution in [0, 0.1) is 6.92 Å². The number of allylic oxidation sites excluding steroid dienone is 3. The second kappa shape index (κ2) is 4.85. The zero-order valence-electron chi connectivity index (χ0n) is 13.6. The number of ether oxygens (including phenoxy) is 1. The van der Waals surface area contributed by atoms with Gasteiger partial charge >= 0.3 is 0 Å². The van der Waals surface area contributed by atoms with Crippen LogP contribution in [0.25, 0.3) is 0 Å². The molecule has 1 aromatic rings. The molecule has 25 heavy (non-hydrogen) atoms. The Hall–Kier alpha value is -3.29. The lowest BCUT2D eigenvalue weighted by Gasteiger charge is -2.27. The Kier molecular flexibility index (Phi) is 3.22. The molecule has 0 saturated carbocycles. The molecule has 5 N–H and O–H groups in total. The fourth-order valence-corrected chi connectivity index (χ4v) is 3.26. The number of primary amides is 1. The molecule has 130 valence electrons. The van der Waals surface area contributed by atoms with Gasteiger partial charge in [-0.2, -0.15) is 0 Å². The number of hydrogen-bond acceptors (Lipinski definition) is 7. The molecule has 8 nitrogen and oxygen atoms in total. The monoisotopic (exact) mass is 345 g/mol. The predicted molar refractivity (Wildman–Crippen MR) is 84.4 cm³/mol. The molecule has 8 heteroatoms. The minimum absolute atomic E-state index is 0.0606. The molecule has 3 rings (SSSR count). The van der Waals surface area contributed by atoms with E-state index in [-0.39, 0.29) is 22.6 Å². The first kappa shape index (κ1) is 16.6. The van der Waals surface area contributed by atoms with Crippen LogP contribution in [0.1, 0.15) is 35.3 Å². The number of fused-ring (bicyclic) bond motifs is 3. The zero-order valence-corrected chi connectivity index (χ0v) is 13.6. The van der Waals surface area contributed by atoms with Gasteiger partial charge in [0.2, 0.25) is 0 Å². The summed E-state index contributed by atoms with van der Waals surface area (Å²) in [4.78, 5) is 36.4. The van der Waals surface area contributed by atoms with Crippen LogP contribution in [0.5, 0.6) is 17.2 Å². The van der Waals surface area contributed by atoms with E-state index >= 15 is 0 Å². The van der Waals surface area contributed by atoms with E-state index in [1.165, 1.54) is 13.8 Å². The van der Waals surface area contributed by atoms with Crippen LogP contribution >= 0.6 is 0 Å². The number of phenols is 2. The summed E-state index contributed by atoms with van der Waals surface area (Å²) in [6.07, 6.45) is 1.08.